The van der Waals surface area contributed by atoms with Gasteiger partial charge in [0.25, 0.3) is 0 Å². The van der Waals surface area contributed by atoms with E-state index in [1.807, 2.05) is 42.5 Å². The number of carbonyl (C=O) groups excluding carboxylic acids is 1. The van der Waals surface area contributed by atoms with Gasteiger partial charge in [-0.25, -0.2) is 9.78 Å². The number of hydrogen-bond donors (Lipinski definition) is 0. The van der Waals surface area contributed by atoms with Crippen molar-refractivity contribution in [1.29, 1.82) is 0 Å². The first-order valence-corrected chi connectivity index (χ1v) is 11.1. The van der Waals surface area contributed by atoms with E-state index in [1.54, 1.807) is 6.92 Å². The molecule has 0 bridgehead atoms. The van der Waals surface area contributed by atoms with Crippen LogP contribution >= 0.6 is 0 Å². The average molecular weight is 448 g/mol. The fraction of sp³-hybridized carbons (Fsp3) is 0.333. The zero-order chi connectivity index (χ0) is 23.3. The van der Waals surface area contributed by atoms with Crippen LogP contribution in [0.3, 0.4) is 0 Å². The van der Waals surface area contributed by atoms with Gasteiger partial charge in [0, 0.05) is 5.56 Å². The first-order valence-electron chi connectivity index (χ1n) is 11.1. The summed E-state index contributed by atoms with van der Waals surface area (Å²) in [7, 11) is 0. The van der Waals surface area contributed by atoms with Crippen molar-refractivity contribution in [2.75, 3.05) is 26.4 Å². The Kier molecular flexibility index (Phi) is 7.06. The number of pyridine rings is 1. The Bertz CT molecular complexity index is 1110. The second-order valence-corrected chi connectivity index (χ2v) is 8.23. The first kappa shape index (κ1) is 23.0. The molecule has 6 heteroatoms. The molecule has 172 valence electrons. The largest absolute Gasteiger partial charge is 0.487 e. The topological polar surface area (TPSA) is 66.9 Å². The minimum Gasteiger partial charge on any atom is -0.487 e. The third-order valence-electron chi connectivity index (χ3n) is 5.67. The predicted octanol–water partition coefficient (Wildman–Crippen LogP) is 4.75. The molecule has 1 aliphatic heterocycles. The summed E-state index contributed by atoms with van der Waals surface area (Å²) in [6.07, 6.45) is 0. The third-order valence-corrected chi connectivity index (χ3v) is 5.67. The van der Waals surface area contributed by atoms with Gasteiger partial charge in [0.1, 0.15) is 24.6 Å². The van der Waals surface area contributed by atoms with Gasteiger partial charge in [-0.3, -0.25) is 0 Å². The number of benzene rings is 2. The van der Waals surface area contributed by atoms with Gasteiger partial charge in [0.15, 0.2) is 0 Å². The Morgan fingerprint density at radius 2 is 1.85 bits per heavy atom. The molecule has 3 aromatic rings. The lowest BCUT2D eigenvalue weighted by molar-refractivity contribution is -0.221. The van der Waals surface area contributed by atoms with Crippen LogP contribution in [0.2, 0.25) is 0 Å². The second kappa shape index (κ2) is 10.1. The zero-order valence-electron chi connectivity index (χ0n) is 19.3. The van der Waals surface area contributed by atoms with Crippen molar-refractivity contribution in [2.45, 2.75) is 33.0 Å². The van der Waals surface area contributed by atoms with Crippen molar-refractivity contribution in [2.24, 2.45) is 0 Å². The normalized spacial score (nSPS) is 14.4. The van der Waals surface area contributed by atoms with Crippen molar-refractivity contribution in [3.8, 4) is 17.0 Å². The van der Waals surface area contributed by atoms with E-state index in [-0.39, 0.29) is 12.6 Å². The van der Waals surface area contributed by atoms with Crippen molar-refractivity contribution in [3.05, 3.63) is 83.0 Å². The minimum atomic E-state index is -0.618. The molecule has 2 aromatic carbocycles. The van der Waals surface area contributed by atoms with Gasteiger partial charge >= 0.3 is 5.97 Å². The van der Waals surface area contributed by atoms with Gasteiger partial charge in [-0.15, -0.1) is 0 Å². The molecule has 0 unspecified atom stereocenters. The maximum Gasteiger partial charge on any atom is 0.332 e. The van der Waals surface area contributed by atoms with Gasteiger partial charge in [0.05, 0.1) is 31.2 Å². The number of esters is 1. The Morgan fingerprint density at radius 1 is 1.06 bits per heavy atom. The molecule has 1 aromatic heterocycles. The van der Waals surface area contributed by atoms with E-state index >= 15 is 0 Å². The Labute approximate surface area is 194 Å². The summed E-state index contributed by atoms with van der Waals surface area (Å²) in [4.78, 5) is 16.4. The lowest BCUT2D eigenvalue weighted by Gasteiger charge is -2.41. The van der Waals surface area contributed by atoms with Gasteiger partial charge in [-0.2, -0.15) is 0 Å². The number of aryl methyl sites for hydroxylation is 2. The van der Waals surface area contributed by atoms with E-state index in [9.17, 15) is 4.79 Å². The SMILES string of the molecule is CCOC(=O)COC1(c2ccc(OCc3cccc(-c4ccc(C)cc4C)n3)cc2)COC1. The maximum atomic E-state index is 11.7. The summed E-state index contributed by atoms with van der Waals surface area (Å²) >= 11 is 0. The van der Waals surface area contributed by atoms with E-state index in [2.05, 4.69) is 32.0 Å². The molecule has 6 nitrogen and oxygen atoms in total. The predicted molar refractivity (Wildman–Crippen MR) is 125 cm³/mol. The van der Waals surface area contributed by atoms with Crippen LogP contribution in [0, 0.1) is 13.8 Å². The van der Waals surface area contributed by atoms with Gasteiger partial charge in [0.2, 0.25) is 0 Å². The highest BCUT2D eigenvalue weighted by atomic mass is 16.6. The molecule has 0 amide bonds. The summed E-state index contributed by atoms with van der Waals surface area (Å²) in [5.74, 6) is 0.359. The molecule has 0 N–H and O–H groups in total. The Balaban J connectivity index is 1.39. The highest BCUT2D eigenvalue weighted by Crippen LogP contribution is 2.34. The average Bonchev–Trinajstić information content (AvgIpc) is 2.78. The molecule has 0 spiro atoms. The fourth-order valence-electron chi connectivity index (χ4n) is 3.84. The lowest BCUT2D eigenvalue weighted by Crippen LogP contribution is -2.49. The maximum absolute atomic E-state index is 11.7. The summed E-state index contributed by atoms with van der Waals surface area (Å²) in [5, 5.41) is 0. The molecule has 33 heavy (non-hydrogen) atoms. The fourth-order valence-corrected chi connectivity index (χ4v) is 3.84. The zero-order valence-corrected chi connectivity index (χ0v) is 19.3. The lowest BCUT2D eigenvalue weighted by atomic mass is 9.91. The van der Waals surface area contributed by atoms with Gasteiger partial charge in [-0.1, -0.05) is 42.0 Å². The van der Waals surface area contributed by atoms with E-state index in [0.717, 1.165) is 28.3 Å². The summed E-state index contributed by atoms with van der Waals surface area (Å²) in [5.41, 5.74) is 5.69. The van der Waals surface area contributed by atoms with Crippen LogP contribution in [-0.4, -0.2) is 37.4 Å². The minimum absolute atomic E-state index is 0.0993. The smallest absolute Gasteiger partial charge is 0.332 e. The molecule has 2 heterocycles. The molecule has 0 saturated carbocycles. The van der Waals surface area contributed by atoms with E-state index < -0.39 is 5.60 Å². The third kappa shape index (κ3) is 5.41. The number of carbonyl (C=O) groups is 1. The van der Waals surface area contributed by atoms with Crippen LogP contribution in [0.15, 0.2) is 60.7 Å². The van der Waals surface area contributed by atoms with Crippen LogP contribution in [0.25, 0.3) is 11.3 Å². The van der Waals surface area contributed by atoms with Crippen LogP contribution in [0.4, 0.5) is 0 Å². The van der Waals surface area contributed by atoms with E-state index in [4.69, 9.17) is 23.9 Å². The van der Waals surface area contributed by atoms with Crippen molar-refractivity contribution < 1.29 is 23.7 Å². The highest BCUT2D eigenvalue weighted by molar-refractivity contribution is 5.70. The first-order chi connectivity index (χ1) is 16.0. The Morgan fingerprint density at radius 3 is 2.52 bits per heavy atom. The van der Waals surface area contributed by atoms with Crippen LogP contribution in [0.5, 0.6) is 5.75 Å². The molecule has 0 radical (unpaired) electrons. The molecular formula is C27H29NO5. The van der Waals surface area contributed by atoms with Gasteiger partial charge in [-0.05, 0) is 56.2 Å². The van der Waals surface area contributed by atoms with Crippen molar-refractivity contribution >= 4 is 5.97 Å². The van der Waals surface area contributed by atoms with Crippen molar-refractivity contribution in [1.82, 2.24) is 4.98 Å². The quantitative estimate of drug-likeness (QED) is 0.441. The van der Waals surface area contributed by atoms with Crippen LogP contribution < -0.4 is 4.74 Å². The molecule has 1 saturated heterocycles. The van der Waals surface area contributed by atoms with Gasteiger partial charge < -0.3 is 18.9 Å². The van der Waals surface area contributed by atoms with Crippen LogP contribution in [0.1, 0.15) is 29.3 Å². The number of nitrogens with zero attached hydrogens (tertiary/aromatic N) is 1. The summed E-state index contributed by atoms with van der Waals surface area (Å²) < 4.78 is 22.1. The number of ether oxygens (including phenoxy) is 4. The molecular weight excluding hydrogens is 418 g/mol. The molecule has 1 fully saturated rings. The number of aromatic nitrogens is 1. The number of rotatable bonds is 9. The standard InChI is InChI=1S/C27H29NO5/c1-4-31-26(29)16-33-27(17-30-18-27)21-9-11-23(12-10-21)32-15-22-6-5-7-25(28-22)24-13-8-19(2)14-20(24)3/h5-14H,4,15-18H2,1-3H3. The second-order valence-electron chi connectivity index (χ2n) is 8.23. The van der Waals surface area contributed by atoms with E-state index in [0.29, 0.717) is 26.4 Å². The summed E-state index contributed by atoms with van der Waals surface area (Å²) in [6, 6.07) is 20.1. The monoisotopic (exact) mass is 447 g/mol. The van der Waals surface area contributed by atoms with Crippen molar-refractivity contribution in [3.63, 3.8) is 0 Å². The van der Waals surface area contributed by atoms with Crippen LogP contribution in [-0.2, 0) is 31.2 Å². The summed E-state index contributed by atoms with van der Waals surface area (Å²) in [6.45, 7) is 7.37. The molecule has 0 aliphatic carbocycles. The highest BCUT2D eigenvalue weighted by Gasteiger charge is 2.42. The van der Waals surface area contributed by atoms with E-state index in [1.165, 1.54) is 11.1 Å². The molecule has 1 aliphatic rings. The Hall–Kier alpha value is -3.22. The number of hydrogen-bond acceptors (Lipinski definition) is 6. The molecule has 4 rings (SSSR count). The molecule has 0 atom stereocenters.